The second kappa shape index (κ2) is 33.5. The minimum Gasteiger partial charge on any atom is -0.205 e. The van der Waals surface area contributed by atoms with E-state index in [1.807, 2.05) is 0 Å². The molecule has 0 radical (unpaired) electrons. The molecule has 0 spiro atoms. The number of unbranched alkanes of at least 4 members (excludes halogenated alkanes) is 25. The molecule has 0 saturated carbocycles. The maximum absolute atomic E-state index is 2.44. The Morgan fingerprint density at radius 2 is 0.721 bits per heavy atom. The molecule has 0 fully saturated rings. The van der Waals surface area contributed by atoms with E-state index < -0.39 is 0 Å². The van der Waals surface area contributed by atoms with Crippen molar-refractivity contribution in [1.29, 1.82) is 0 Å². The van der Waals surface area contributed by atoms with Gasteiger partial charge in [-0.1, -0.05) is 154 Å². The van der Waals surface area contributed by atoms with Crippen LogP contribution in [0.5, 0.6) is 0 Å². The van der Waals surface area contributed by atoms with E-state index in [4.69, 9.17) is 0 Å². The fourth-order valence-electron chi connectivity index (χ4n) is 6.10. The zero-order chi connectivity index (χ0) is 30.7. The Balaban J connectivity index is 1.84. The number of pyridine rings is 1. The van der Waals surface area contributed by atoms with Crippen LogP contribution in [-0.4, -0.2) is 0 Å². The van der Waals surface area contributed by atoms with Gasteiger partial charge < -0.3 is 0 Å². The molecule has 0 aliphatic carbocycles. The van der Waals surface area contributed by atoms with E-state index in [-0.39, 0.29) is 0 Å². The van der Waals surface area contributed by atoms with Crippen LogP contribution in [0.25, 0.3) is 0 Å². The molecule has 0 saturated heterocycles. The molecular weight excluding hydrogens is 518 g/mol. The summed E-state index contributed by atoms with van der Waals surface area (Å²) in [5.74, 6) is 0. The molecule has 1 aromatic heterocycles. The van der Waals surface area contributed by atoms with Gasteiger partial charge in [0.1, 0.15) is 6.54 Å². The zero-order valence-corrected chi connectivity index (χ0v) is 29.5. The fourth-order valence-corrected chi connectivity index (χ4v) is 6.10. The second-order valence-electron chi connectivity index (χ2n) is 13.4. The molecule has 0 N–H and O–H groups in total. The van der Waals surface area contributed by atoms with E-state index >= 15 is 0 Å². The maximum Gasteiger partial charge on any atom is 0.169 e. The molecular formula is C42H76N+. The lowest BCUT2D eigenvalue weighted by atomic mass is 10.0. The van der Waals surface area contributed by atoms with Gasteiger partial charge in [0.25, 0.3) is 0 Å². The zero-order valence-electron chi connectivity index (χ0n) is 29.5. The molecule has 0 aromatic carbocycles. The number of aryl methyl sites for hydroxylation is 2. The molecule has 0 atom stereocenters. The Morgan fingerprint density at radius 3 is 1.12 bits per heavy atom. The summed E-state index contributed by atoms with van der Waals surface area (Å²) >= 11 is 0. The van der Waals surface area contributed by atoms with E-state index in [1.54, 1.807) is 0 Å². The minimum absolute atomic E-state index is 1.18. The summed E-state index contributed by atoms with van der Waals surface area (Å²) < 4.78 is 2.39. The highest BCUT2D eigenvalue weighted by Gasteiger charge is 2.02. The van der Waals surface area contributed by atoms with Crippen LogP contribution in [0.1, 0.15) is 206 Å². The molecule has 1 heteroatoms. The summed E-state index contributed by atoms with van der Waals surface area (Å²) in [4.78, 5) is 0. The number of allylic oxidation sites excluding steroid dienone is 4. The Labute approximate surface area is 271 Å². The molecule has 0 bridgehead atoms. The highest BCUT2D eigenvalue weighted by atomic mass is 14.9. The van der Waals surface area contributed by atoms with Crippen LogP contribution in [0.2, 0.25) is 0 Å². The van der Waals surface area contributed by atoms with Crippen molar-refractivity contribution in [3.05, 3.63) is 54.4 Å². The van der Waals surface area contributed by atoms with Gasteiger partial charge in [-0.3, -0.25) is 0 Å². The fraction of sp³-hybridized carbons (Fsp3) is 0.786. The number of aromatic nitrogens is 1. The highest BCUT2D eigenvalue weighted by Crippen LogP contribution is 2.13. The van der Waals surface area contributed by atoms with Gasteiger partial charge >= 0.3 is 0 Å². The van der Waals surface area contributed by atoms with Crippen molar-refractivity contribution in [3.63, 3.8) is 0 Å². The van der Waals surface area contributed by atoms with E-state index in [9.17, 15) is 0 Å². The van der Waals surface area contributed by atoms with Crippen molar-refractivity contribution in [3.8, 4) is 0 Å². The largest absolute Gasteiger partial charge is 0.205 e. The van der Waals surface area contributed by atoms with Crippen molar-refractivity contribution in [1.82, 2.24) is 0 Å². The standard InChI is InChI=1S/C42H76N/c1-3-5-7-9-11-13-15-17-19-21-23-25-27-29-31-33-35-39-43-40-37-42(38-41-43)36-34-32-30-28-26-24-22-20-18-16-14-12-10-8-6-4-2/h17-20,37-38,40-41H,3-16,21-36,39H2,1-2H3/q+1/b19-17+,20-18+. The van der Waals surface area contributed by atoms with Crippen molar-refractivity contribution < 1.29 is 4.57 Å². The van der Waals surface area contributed by atoms with E-state index in [0.717, 1.165) is 0 Å². The first-order valence-corrected chi connectivity index (χ1v) is 19.6. The Bertz CT molecular complexity index is 715. The molecule has 1 rings (SSSR count). The average molecular weight is 595 g/mol. The minimum atomic E-state index is 1.18. The summed E-state index contributed by atoms with van der Waals surface area (Å²) in [7, 11) is 0. The van der Waals surface area contributed by atoms with Gasteiger partial charge in [-0.05, 0) is 76.2 Å². The lowest BCUT2D eigenvalue weighted by Gasteiger charge is -2.03. The first-order valence-electron chi connectivity index (χ1n) is 19.6. The smallest absolute Gasteiger partial charge is 0.169 e. The van der Waals surface area contributed by atoms with Crippen LogP contribution >= 0.6 is 0 Å². The van der Waals surface area contributed by atoms with Gasteiger partial charge in [0.15, 0.2) is 12.4 Å². The first-order chi connectivity index (χ1) is 21.4. The van der Waals surface area contributed by atoms with Gasteiger partial charge in [-0.25, -0.2) is 4.57 Å². The maximum atomic E-state index is 2.44. The Hall–Kier alpha value is -1.37. The SMILES string of the molecule is CCCCCCCC/C=C/CCCCCCCCC[n+]1ccc(CCCCCCCC/C=C/CCCCCCCC)cc1. The normalized spacial score (nSPS) is 11.9. The Kier molecular flexibility index (Phi) is 30.9. The van der Waals surface area contributed by atoms with E-state index in [0.29, 0.717) is 0 Å². The van der Waals surface area contributed by atoms with Crippen LogP contribution < -0.4 is 4.57 Å². The topological polar surface area (TPSA) is 3.88 Å². The predicted molar refractivity (Wildman–Crippen MR) is 194 cm³/mol. The third kappa shape index (κ3) is 29.1. The first kappa shape index (κ1) is 39.7. The van der Waals surface area contributed by atoms with E-state index in [2.05, 4.69) is 67.2 Å². The lowest BCUT2D eigenvalue weighted by molar-refractivity contribution is -0.697. The van der Waals surface area contributed by atoms with Gasteiger partial charge in [-0.2, -0.15) is 0 Å². The molecule has 0 aliphatic rings. The number of nitrogens with zero attached hydrogens (tertiary/aromatic N) is 1. The van der Waals surface area contributed by atoms with Crippen LogP contribution in [0.4, 0.5) is 0 Å². The summed E-state index contributed by atoms with van der Waals surface area (Å²) in [5, 5.41) is 0. The highest BCUT2D eigenvalue weighted by molar-refractivity contribution is 5.07. The summed E-state index contributed by atoms with van der Waals surface area (Å²) in [6.07, 6.45) is 55.8. The average Bonchev–Trinajstić information content (AvgIpc) is 3.03. The summed E-state index contributed by atoms with van der Waals surface area (Å²) in [6, 6.07) is 4.72. The molecule has 1 nitrogen and oxygen atoms in total. The van der Waals surface area contributed by atoms with Gasteiger partial charge in [0.05, 0.1) is 0 Å². The molecule has 0 amide bonds. The molecule has 0 aliphatic heterocycles. The lowest BCUT2D eigenvalue weighted by Crippen LogP contribution is -2.32. The summed E-state index contributed by atoms with van der Waals surface area (Å²) in [6.45, 7) is 5.77. The molecule has 43 heavy (non-hydrogen) atoms. The van der Waals surface area contributed by atoms with Crippen LogP contribution in [0.3, 0.4) is 0 Å². The van der Waals surface area contributed by atoms with Gasteiger partial charge in [-0.15, -0.1) is 0 Å². The van der Waals surface area contributed by atoms with Crippen LogP contribution in [0.15, 0.2) is 48.8 Å². The third-order valence-corrected chi connectivity index (χ3v) is 9.12. The predicted octanol–water partition coefficient (Wildman–Crippen LogP) is 14.0. The van der Waals surface area contributed by atoms with Crippen LogP contribution in [-0.2, 0) is 13.0 Å². The van der Waals surface area contributed by atoms with Crippen molar-refractivity contribution >= 4 is 0 Å². The van der Waals surface area contributed by atoms with Crippen molar-refractivity contribution in [2.45, 2.75) is 213 Å². The second-order valence-corrected chi connectivity index (χ2v) is 13.4. The third-order valence-electron chi connectivity index (χ3n) is 9.12. The quantitative estimate of drug-likeness (QED) is 0.0433. The van der Waals surface area contributed by atoms with Crippen LogP contribution in [0, 0.1) is 0 Å². The molecule has 248 valence electrons. The Morgan fingerprint density at radius 1 is 0.395 bits per heavy atom. The number of hydrogen-bond acceptors (Lipinski definition) is 0. The molecule has 0 unspecified atom stereocenters. The number of rotatable bonds is 33. The molecule has 1 aromatic rings. The monoisotopic (exact) mass is 595 g/mol. The van der Waals surface area contributed by atoms with Crippen molar-refractivity contribution in [2.24, 2.45) is 0 Å². The molecule has 1 heterocycles. The summed E-state index contributed by atoms with van der Waals surface area (Å²) in [5.41, 5.74) is 1.52. The van der Waals surface area contributed by atoms with Crippen molar-refractivity contribution in [2.75, 3.05) is 0 Å². The van der Waals surface area contributed by atoms with Gasteiger partial charge in [0, 0.05) is 18.6 Å². The number of hydrogen-bond donors (Lipinski definition) is 0. The van der Waals surface area contributed by atoms with Gasteiger partial charge in [0.2, 0.25) is 0 Å². The van der Waals surface area contributed by atoms with E-state index in [1.165, 1.54) is 205 Å².